The number of hydrogen-bond acceptors (Lipinski definition) is 3. The normalized spacial score (nSPS) is 55.0. The molecule has 0 radical (unpaired) electrons. The summed E-state index contributed by atoms with van der Waals surface area (Å²) in [5.41, 5.74) is 5.25. The monoisotopic (exact) mass is 411 g/mol. The van der Waals surface area contributed by atoms with Gasteiger partial charge in [-0.25, -0.2) is 0 Å². The maximum Gasteiger partial charge on any atom is 0.0937 e. The van der Waals surface area contributed by atoms with Gasteiger partial charge in [0.2, 0.25) is 0 Å². The summed E-state index contributed by atoms with van der Waals surface area (Å²) in [5.74, 6) is 3.64. The lowest BCUT2D eigenvalue weighted by Gasteiger charge is -2.49. The first-order chi connectivity index (χ1) is 14.3. The molecule has 2 aliphatic heterocycles. The SMILES string of the molecule is CC1=C2CC3C(CC=C4CC(O)CCC43C)C2CC[C@]12O[C@@H]1CC(C)CNC1[C@H]2C. The molecule has 6 rings (SSSR count). The van der Waals surface area contributed by atoms with Gasteiger partial charge in [0.25, 0.3) is 0 Å². The van der Waals surface area contributed by atoms with Crippen LogP contribution in [0, 0.1) is 35.0 Å². The van der Waals surface area contributed by atoms with Gasteiger partial charge in [0.1, 0.15) is 0 Å². The van der Waals surface area contributed by atoms with Gasteiger partial charge in [-0.05, 0) is 99.5 Å². The second-order valence-electron chi connectivity index (χ2n) is 12.2. The first kappa shape index (κ1) is 20.0. The molecule has 1 spiro atoms. The minimum absolute atomic E-state index is 0.0222. The van der Waals surface area contributed by atoms with Crippen LogP contribution in [0.25, 0.3) is 0 Å². The molecule has 0 aromatic heterocycles. The summed E-state index contributed by atoms with van der Waals surface area (Å²) in [6.45, 7) is 10.9. The number of allylic oxidation sites excluding steroid dienone is 2. The Hall–Kier alpha value is -0.640. The van der Waals surface area contributed by atoms with Crippen molar-refractivity contribution in [2.24, 2.45) is 35.0 Å². The van der Waals surface area contributed by atoms with Crippen molar-refractivity contribution in [3.05, 3.63) is 22.8 Å². The zero-order valence-corrected chi connectivity index (χ0v) is 19.4. The van der Waals surface area contributed by atoms with E-state index in [0.29, 0.717) is 23.5 Å². The minimum Gasteiger partial charge on any atom is -0.393 e. The fraction of sp³-hybridized carbons (Fsp3) is 0.852. The Kier molecular flexibility index (Phi) is 4.46. The lowest BCUT2D eigenvalue weighted by molar-refractivity contribution is -0.0549. The Morgan fingerprint density at radius 1 is 1.17 bits per heavy atom. The summed E-state index contributed by atoms with van der Waals surface area (Å²) >= 11 is 0. The van der Waals surface area contributed by atoms with Crippen LogP contribution in [-0.2, 0) is 4.74 Å². The molecular weight excluding hydrogens is 370 g/mol. The third-order valence-corrected chi connectivity index (χ3v) is 10.9. The van der Waals surface area contributed by atoms with Gasteiger partial charge in [0.15, 0.2) is 0 Å². The molecule has 3 heteroatoms. The van der Waals surface area contributed by atoms with E-state index < -0.39 is 0 Å². The predicted molar refractivity (Wildman–Crippen MR) is 120 cm³/mol. The lowest BCUT2D eigenvalue weighted by Crippen LogP contribution is -2.49. The number of hydrogen-bond donors (Lipinski definition) is 2. The van der Waals surface area contributed by atoms with E-state index in [0.717, 1.165) is 43.1 Å². The van der Waals surface area contributed by atoms with E-state index in [9.17, 15) is 5.11 Å². The lowest BCUT2D eigenvalue weighted by atomic mass is 9.56. The van der Waals surface area contributed by atoms with Crippen molar-refractivity contribution < 1.29 is 9.84 Å². The Morgan fingerprint density at radius 2 is 2.00 bits per heavy atom. The molecule has 2 N–H and O–H groups in total. The van der Waals surface area contributed by atoms with E-state index in [4.69, 9.17) is 4.74 Å². The standard InChI is InChI=1S/C27H41NO2/c1-15-11-24-25(28-14-15)17(3)27(30-24)10-8-20-21-6-5-18-12-19(29)7-9-26(18,4)23(21)13-22(20)16(27)2/h5,15,17,19-21,23-25,28-29H,6-14H2,1-4H3/t15?,17-,19?,20?,21?,23?,24-,25?,26?,27+/m1/s1. The molecule has 7 unspecified atom stereocenters. The molecule has 10 atom stereocenters. The number of ether oxygens (including phenoxy) is 1. The average Bonchev–Trinajstić information content (AvgIpc) is 3.23. The third kappa shape index (κ3) is 2.55. The summed E-state index contributed by atoms with van der Waals surface area (Å²) in [5, 5.41) is 14.1. The van der Waals surface area contributed by atoms with E-state index >= 15 is 0 Å². The number of nitrogens with one attached hydrogen (secondary N) is 1. The number of fused-ring (bicyclic) bond motifs is 6. The Morgan fingerprint density at radius 3 is 2.83 bits per heavy atom. The van der Waals surface area contributed by atoms with Gasteiger partial charge in [-0.2, -0.15) is 0 Å². The first-order valence-electron chi connectivity index (χ1n) is 12.8. The number of aliphatic hydroxyl groups is 1. The van der Waals surface area contributed by atoms with Crippen molar-refractivity contribution in [1.82, 2.24) is 5.32 Å². The fourth-order valence-corrected chi connectivity index (χ4v) is 9.09. The van der Waals surface area contributed by atoms with E-state index in [1.54, 1.807) is 16.7 Å². The number of piperidine rings is 1. The Labute approximate surface area is 182 Å². The van der Waals surface area contributed by atoms with Crippen LogP contribution in [-0.4, -0.2) is 35.5 Å². The summed E-state index contributed by atoms with van der Waals surface area (Å²) < 4.78 is 7.03. The molecular formula is C27H41NO2. The zero-order chi connectivity index (χ0) is 20.8. The number of aliphatic hydroxyl groups excluding tert-OH is 1. The molecule has 0 amide bonds. The molecule has 0 aromatic carbocycles. The summed E-state index contributed by atoms with van der Waals surface area (Å²) in [4.78, 5) is 0. The molecule has 3 nitrogen and oxygen atoms in total. The van der Waals surface area contributed by atoms with Gasteiger partial charge >= 0.3 is 0 Å². The maximum absolute atomic E-state index is 10.3. The highest BCUT2D eigenvalue weighted by atomic mass is 16.5. The van der Waals surface area contributed by atoms with Gasteiger partial charge in [-0.3, -0.25) is 0 Å². The molecule has 4 aliphatic carbocycles. The molecule has 4 fully saturated rings. The van der Waals surface area contributed by atoms with Crippen molar-refractivity contribution in [1.29, 1.82) is 0 Å². The third-order valence-electron chi connectivity index (χ3n) is 10.9. The minimum atomic E-state index is -0.111. The molecule has 6 aliphatic rings. The molecule has 30 heavy (non-hydrogen) atoms. The van der Waals surface area contributed by atoms with E-state index in [2.05, 4.69) is 39.1 Å². The van der Waals surface area contributed by atoms with Gasteiger partial charge in [-0.1, -0.05) is 38.0 Å². The van der Waals surface area contributed by atoms with Crippen molar-refractivity contribution in [2.45, 2.75) is 103 Å². The van der Waals surface area contributed by atoms with Crippen LogP contribution in [0.5, 0.6) is 0 Å². The van der Waals surface area contributed by atoms with Gasteiger partial charge in [0.05, 0.1) is 17.8 Å². The molecule has 2 heterocycles. The van der Waals surface area contributed by atoms with E-state index in [-0.39, 0.29) is 11.7 Å². The van der Waals surface area contributed by atoms with Crippen LogP contribution < -0.4 is 5.32 Å². The predicted octanol–water partition coefficient (Wildman–Crippen LogP) is 5.00. The highest BCUT2D eigenvalue weighted by Gasteiger charge is 2.60. The van der Waals surface area contributed by atoms with Crippen molar-refractivity contribution in [2.75, 3.05) is 6.54 Å². The van der Waals surface area contributed by atoms with Crippen LogP contribution in [0.1, 0.15) is 79.1 Å². The second kappa shape index (κ2) is 6.68. The van der Waals surface area contributed by atoms with E-state index in [1.807, 2.05) is 0 Å². The van der Waals surface area contributed by atoms with Crippen LogP contribution in [0.15, 0.2) is 22.8 Å². The van der Waals surface area contributed by atoms with E-state index in [1.165, 1.54) is 38.5 Å². The maximum atomic E-state index is 10.3. The van der Waals surface area contributed by atoms with Crippen molar-refractivity contribution in [3.8, 4) is 0 Å². The summed E-state index contributed by atoms with van der Waals surface area (Å²) in [6, 6.07) is 0.530. The molecule has 0 aromatic rings. The van der Waals surface area contributed by atoms with Gasteiger partial charge < -0.3 is 15.2 Å². The Balaban J connectivity index is 1.34. The average molecular weight is 412 g/mol. The number of rotatable bonds is 0. The first-order valence-corrected chi connectivity index (χ1v) is 12.8. The second-order valence-corrected chi connectivity index (χ2v) is 12.2. The highest BCUT2D eigenvalue weighted by molar-refractivity contribution is 5.38. The van der Waals surface area contributed by atoms with Crippen LogP contribution in [0.2, 0.25) is 0 Å². The molecule has 166 valence electrons. The van der Waals surface area contributed by atoms with Crippen molar-refractivity contribution in [3.63, 3.8) is 0 Å². The smallest absolute Gasteiger partial charge is 0.0937 e. The van der Waals surface area contributed by atoms with Crippen LogP contribution in [0.3, 0.4) is 0 Å². The van der Waals surface area contributed by atoms with Crippen LogP contribution in [0.4, 0.5) is 0 Å². The molecule has 2 saturated heterocycles. The quantitative estimate of drug-likeness (QED) is 0.551. The summed E-state index contributed by atoms with van der Waals surface area (Å²) in [7, 11) is 0. The van der Waals surface area contributed by atoms with Crippen molar-refractivity contribution >= 4 is 0 Å². The summed E-state index contributed by atoms with van der Waals surface area (Å²) in [6.07, 6.45) is 12.2. The molecule has 2 saturated carbocycles. The van der Waals surface area contributed by atoms with Crippen LogP contribution >= 0.6 is 0 Å². The highest BCUT2D eigenvalue weighted by Crippen LogP contribution is 2.65. The zero-order valence-electron chi connectivity index (χ0n) is 19.4. The fourth-order valence-electron chi connectivity index (χ4n) is 9.09. The van der Waals surface area contributed by atoms with Gasteiger partial charge in [-0.15, -0.1) is 0 Å². The topological polar surface area (TPSA) is 41.5 Å². The molecule has 0 bridgehead atoms. The largest absolute Gasteiger partial charge is 0.393 e. The van der Waals surface area contributed by atoms with Gasteiger partial charge in [0, 0.05) is 12.0 Å². The Bertz CT molecular complexity index is 801.